The first kappa shape index (κ1) is 14.0. The topological polar surface area (TPSA) is 59.8 Å². The average Bonchev–Trinajstić information content (AvgIpc) is 2.87. The predicted molar refractivity (Wildman–Crippen MR) is 81.6 cm³/mol. The number of fused-ring (bicyclic) bond motifs is 1. The highest BCUT2D eigenvalue weighted by Gasteiger charge is 2.28. The van der Waals surface area contributed by atoms with Gasteiger partial charge >= 0.3 is 0 Å². The monoisotopic (exact) mass is 286 g/mol. The largest absolute Gasteiger partial charge is 0.351 e. The molecule has 2 aromatic rings. The molecule has 0 bridgehead atoms. The van der Waals surface area contributed by atoms with Crippen LogP contribution < -0.4 is 5.32 Å². The van der Waals surface area contributed by atoms with Crippen LogP contribution in [-0.2, 0) is 11.3 Å². The van der Waals surface area contributed by atoms with Gasteiger partial charge in [-0.3, -0.25) is 4.79 Å². The van der Waals surface area contributed by atoms with Crippen molar-refractivity contribution in [3.8, 4) is 0 Å². The summed E-state index contributed by atoms with van der Waals surface area (Å²) in [4.78, 5) is 12.3. The number of carbonyl (C=O) groups excluding carboxylic acids is 1. The van der Waals surface area contributed by atoms with Gasteiger partial charge in [-0.2, -0.15) is 0 Å². The van der Waals surface area contributed by atoms with Crippen molar-refractivity contribution in [2.24, 2.45) is 11.8 Å². The van der Waals surface area contributed by atoms with Crippen LogP contribution in [0, 0.1) is 11.8 Å². The highest BCUT2D eigenvalue weighted by molar-refractivity contribution is 5.79. The van der Waals surface area contributed by atoms with E-state index in [1.807, 2.05) is 24.3 Å². The number of hydrogen-bond acceptors (Lipinski definition) is 3. The summed E-state index contributed by atoms with van der Waals surface area (Å²) in [6, 6.07) is 7.99. The van der Waals surface area contributed by atoms with Crippen LogP contribution in [0.5, 0.6) is 0 Å². The van der Waals surface area contributed by atoms with Gasteiger partial charge in [0.15, 0.2) is 0 Å². The summed E-state index contributed by atoms with van der Waals surface area (Å²) >= 11 is 0. The molecule has 0 aliphatic heterocycles. The molecule has 3 atom stereocenters. The van der Waals surface area contributed by atoms with Crippen molar-refractivity contribution >= 4 is 16.9 Å². The van der Waals surface area contributed by atoms with Crippen LogP contribution in [0.4, 0.5) is 0 Å². The third-order valence-corrected chi connectivity index (χ3v) is 4.77. The quantitative estimate of drug-likeness (QED) is 0.942. The van der Waals surface area contributed by atoms with E-state index >= 15 is 0 Å². The van der Waals surface area contributed by atoms with E-state index in [1.165, 1.54) is 12.8 Å². The van der Waals surface area contributed by atoms with Crippen LogP contribution in [0.2, 0.25) is 0 Å². The molecule has 0 spiro atoms. The van der Waals surface area contributed by atoms with Crippen molar-refractivity contribution in [2.45, 2.75) is 45.7 Å². The highest BCUT2D eigenvalue weighted by atomic mass is 16.2. The molecule has 1 saturated carbocycles. The number of amides is 1. The second-order valence-electron chi connectivity index (χ2n) is 6.18. The highest BCUT2D eigenvalue weighted by Crippen LogP contribution is 2.29. The third-order valence-electron chi connectivity index (χ3n) is 4.77. The molecule has 5 heteroatoms. The lowest BCUT2D eigenvalue weighted by Gasteiger charge is -2.34. The zero-order chi connectivity index (χ0) is 14.8. The van der Waals surface area contributed by atoms with Gasteiger partial charge < -0.3 is 5.32 Å². The lowest BCUT2D eigenvalue weighted by Crippen LogP contribution is -2.44. The minimum atomic E-state index is 0.0246. The Labute approximate surface area is 124 Å². The van der Waals surface area contributed by atoms with Crippen molar-refractivity contribution in [3.05, 3.63) is 24.3 Å². The Morgan fingerprint density at radius 1 is 1.33 bits per heavy atom. The zero-order valence-corrected chi connectivity index (χ0v) is 12.6. The Morgan fingerprint density at radius 2 is 2.14 bits per heavy atom. The molecule has 21 heavy (non-hydrogen) atoms. The standard InChI is InChI=1S/C16H22N4O/c1-11-6-5-8-13(12(11)2)17-16(21)10-20-15-9-4-3-7-14(15)18-19-20/h3-4,7,9,11-13H,5-6,8,10H2,1-2H3,(H,17,21). The zero-order valence-electron chi connectivity index (χ0n) is 12.6. The fourth-order valence-corrected chi connectivity index (χ4v) is 3.21. The lowest BCUT2D eigenvalue weighted by atomic mass is 9.78. The van der Waals surface area contributed by atoms with Crippen molar-refractivity contribution in [3.63, 3.8) is 0 Å². The molecule has 5 nitrogen and oxygen atoms in total. The first-order valence-corrected chi connectivity index (χ1v) is 7.73. The summed E-state index contributed by atoms with van der Waals surface area (Å²) in [6.07, 6.45) is 3.54. The van der Waals surface area contributed by atoms with E-state index in [9.17, 15) is 4.79 Å². The maximum Gasteiger partial charge on any atom is 0.242 e. The van der Waals surface area contributed by atoms with Gasteiger partial charge in [-0.1, -0.05) is 44.0 Å². The molecule has 3 unspecified atom stereocenters. The average molecular weight is 286 g/mol. The Morgan fingerprint density at radius 3 is 3.00 bits per heavy atom. The number of hydrogen-bond donors (Lipinski definition) is 1. The number of para-hydroxylation sites is 1. The van der Waals surface area contributed by atoms with Gasteiger partial charge in [0.1, 0.15) is 12.1 Å². The number of nitrogens with zero attached hydrogens (tertiary/aromatic N) is 3. The molecular weight excluding hydrogens is 264 g/mol. The van der Waals surface area contributed by atoms with Gasteiger partial charge in [0.2, 0.25) is 5.91 Å². The molecule has 1 fully saturated rings. The summed E-state index contributed by atoms with van der Waals surface area (Å²) in [7, 11) is 0. The van der Waals surface area contributed by atoms with Crippen molar-refractivity contribution < 1.29 is 4.79 Å². The summed E-state index contributed by atoms with van der Waals surface area (Å²) < 4.78 is 1.67. The van der Waals surface area contributed by atoms with Gasteiger partial charge in [0.25, 0.3) is 0 Å². The number of nitrogens with one attached hydrogen (secondary N) is 1. The third kappa shape index (κ3) is 2.91. The summed E-state index contributed by atoms with van der Waals surface area (Å²) in [6.45, 7) is 4.74. The molecule has 1 aliphatic rings. The molecule has 3 rings (SSSR count). The molecule has 1 N–H and O–H groups in total. The van der Waals surface area contributed by atoms with Gasteiger partial charge in [0.05, 0.1) is 5.52 Å². The summed E-state index contributed by atoms with van der Waals surface area (Å²) in [5, 5.41) is 11.3. The van der Waals surface area contributed by atoms with Crippen molar-refractivity contribution in [2.75, 3.05) is 0 Å². The number of carbonyl (C=O) groups is 1. The van der Waals surface area contributed by atoms with Crippen molar-refractivity contribution in [1.29, 1.82) is 0 Å². The Hall–Kier alpha value is -1.91. The lowest BCUT2D eigenvalue weighted by molar-refractivity contribution is -0.123. The molecule has 0 saturated heterocycles. The minimum absolute atomic E-state index is 0.0246. The maximum atomic E-state index is 12.3. The Balaban J connectivity index is 1.66. The molecule has 1 aromatic heterocycles. The van der Waals surface area contributed by atoms with Crippen LogP contribution in [0.3, 0.4) is 0 Å². The predicted octanol–water partition coefficient (Wildman–Crippen LogP) is 2.37. The Bertz CT molecular complexity index is 636. The number of benzene rings is 1. The van der Waals surface area contributed by atoms with Crippen LogP contribution in [-0.4, -0.2) is 26.9 Å². The van der Waals surface area contributed by atoms with E-state index in [0.717, 1.165) is 17.5 Å². The smallest absolute Gasteiger partial charge is 0.242 e. The van der Waals surface area contributed by atoms with Gasteiger partial charge in [-0.15, -0.1) is 5.10 Å². The van der Waals surface area contributed by atoms with E-state index in [-0.39, 0.29) is 18.5 Å². The van der Waals surface area contributed by atoms with E-state index < -0.39 is 0 Å². The second-order valence-corrected chi connectivity index (χ2v) is 6.18. The van der Waals surface area contributed by atoms with E-state index in [0.29, 0.717) is 11.8 Å². The van der Waals surface area contributed by atoms with E-state index in [4.69, 9.17) is 0 Å². The summed E-state index contributed by atoms with van der Waals surface area (Å²) in [5.74, 6) is 1.24. The van der Waals surface area contributed by atoms with E-state index in [2.05, 4.69) is 29.5 Å². The first-order chi connectivity index (χ1) is 10.1. The molecule has 0 radical (unpaired) electrons. The van der Waals surface area contributed by atoms with Crippen molar-refractivity contribution in [1.82, 2.24) is 20.3 Å². The molecule has 1 aliphatic carbocycles. The molecule has 112 valence electrons. The second kappa shape index (κ2) is 5.84. The minimum Gasteiger partial charge on any atom is -0.351 e. The van der Waals surface area contributed by atoms with E-state index in [1.54, 1.807) is 4.68 Å². The fraction of sp³-hybridized carbons (Fsp3) is 0.562. The summed E-state index contributed by atoms with van der Waals surface area (Å²) in [5.41, 5.74) is 1.72. The van der Waals surface area contributed by atoms with Gasteiger partial charge in [-0.05, 0) is 30.4 Å². The molecule has 1 amide bonds. The number of rotatable bonds is 3. The maximum absolute atomic E-state index is 12.3. The van der Waals surface area contributed by atoms with Gasteiger partial charge in [0, 0.05) is 6.04 Å². The molecule has 1 aromatic carbocycles. The van der Waals surface area contributed by atoms with Crippen LogP contribution in [0.1, 0.15) is 33.1 Å². The SMILES string of the molecule is CC1CCCC(NC(=O)Cn2nnc3ccccc32)C1C. The Kier molecular flexibility index (Phi) is 3.90. The fourth-order valence-electron chi connectivity index (χ4n) is 3.21. The molecule has 1 heterocycles. The van der Waals surface area contributed by atoms with Crippen LogP contribution in [0.15, 0.2) is 24.3 Å². The molecular formula is C16H22N4O. The first-order valence-electron chi connectivity index (χ1n) is 7.73. The van der Waals surface area contributed by atoms with Crippen LogP contribution in [0.25, 0.3) is 11.0 Å². The number of aromatic nitrogens is 3. The van der Waals surface area contributed by atoms with Crippen LogP contribution >= 0.6 is 0 Å². The normalized spacial score (nSPS) is 25.9. The van der Waals surface area contributed by atoms with Gasteiger partial charge in [-0.25, -0.2) is 4.68 Å².